The Morgan fingerprint density at radius 3 is 1.20 bits per heavy atom. The van der Waals surface area contributed by atoms with Gasteiger partial charge in [-0.15, -0.1) is 0 Å². The van der Waals surface area contributed by atoms with Gasteiger partial charge in [0, 0.05) is 43.6 Å². The van der Waals surface area contributed by atoms with Crippen LogP contribution in [0.5, 0.6) is 11.5 Å². The lowest BCUT2D eigenvalue weighted by molar-refractivity contribution is -0.158. The standard InChI is InChI=1S/C28H38N2O6S.C28H39NO7S/c1-20(2)18-30(37(33,34)25-13-11-24(35-6)12-14-25)19-26(31)23(16-27(32)36-28(3,4)5)15-21-7-9-22(17-29)10-8-21;1-20(2)17-29(37(33,34)25-13-11-24(35-6)12-14-25)18-26(31)23(16-27(32)36-28(3,4)5)15-21-7-9-22(19-30)10-8-21/h7-14,20,23,26,31H,15-16,18-19H2,1-6H3;7-14,19-20,23,26,31H,15-18H2,1-6H3/t2*23-,26-/m11/s1. The zero-order chi connectivity index (χ0) is 55.6. The van der Waals surface area contributed by atoms with Crippen molar-refractivity contribution in [1.29, 1.82) is 5.26 Å². The number of ether oxygens (including phenoxy) is 4. The van der Waals surface area contributed by atoms with Crippen molar-refractivity contribution in [3.63, 3.8) is 0 Å². The van der Waals surface area contributed by atoms with Gasteiger partial charge in [-0.2, -0.15) is 13.9 Å². The fraction of sp³-hybridized carbons (Fsp3) is 0.500. The van der Waals surface area contributed by atoms with E-state index in [2.05, 4.69) is 6.07 Å². The van der Waals surface area contributed by atoms with Crippen molar-refractivity contribution in [3.05, 3.63) is 119 Å². The molecule has 0 amide bonds. The van der Waals surface area contributed by atoms with E-state index in [1.807, 2.05) is 27.7 Å². The molecule has 0 saturated heterocycles. The van der Waals surface area contributed by atoms with Crippen molar-refractivity contribution in [2.45, 2.75) is 128 Å². The van der Waals surface area contributed by atoms with E-state index in [-0.39, 0.29) is 60.6 Å². The molecule has 16 nitrogen and oxygen atoms in total. The number of methoxy groups -OCH3 is 2. The van der Waals surface area contributed by atoms with E-state index < -0.39 is 67.2 Å². The second kappa shape index (κ2) is 28.3. The lowest BCUT2D eigenvalue weighted by Gasteiger charge is -2.30. The number of aliphatic hydroxyl groups excluding tert-OH is 2. The Morgan fingerprint density at radius 1 is 0.581 bits per heavy atom. The summed E-state index contributed by atoms with van der Waals surface area (Å²) in [5, 5.41) is 31.7. The molecule has 0 heterocycles. The number of hydrogen-bond donors (Lipinski definition) is 2. The summed E-state index contributed by atoms with van der Waals surface area (Å²) >= 11 is 0. The summed E-state index contributed by atoms with van der Waals surface area (Å²) in [6, 6.07) is 28.0. The van der Waals surface area contributed by atoms with Gasteiger partial charge in [-0.25, -0.2) is 16.8 Å². The molecule has 0 radical (unpaired) electrons. The van der Waals surface area contributed by atoms with Crippen LogP contribution in [-0.4, -0.2) is 118 Å². The van der Waals surface area contributed by atoms with Crippen LogP contribution in [0.3, 0.4) is 0 Å². The van der Waals surface area contributed by atoms with Crippen molar-refractivity contribution in [2.24, 2.45) is 23.7 Å². The third-order valence-corrected chi connectivity index (χ3v) is 15.0. The van der Waals surface area contributed by atoms with Crippen LogP contribution in [0.25, 0.3) is 0 Å². The molecule has 0 saturated carbocycles. The zero-order valence-electron chi connectivity index (χ0n) is 45.0. The largest absolute Gasteiger partial charge is 0.497 e. The summed E-state index contributed by atoms with van der Waals surface area (Å²) in [7, 11) is -4.84. The Labute approximate surface area is 439 Å². The number of esters is 2. The number of nitrogens with zero attached hydrogens (tertiary/aromatic N) is 3. The molecule has 18 heteroatoms. The summed E-state index contributed by atoms with van der Waals surface area (Å²) in [6.45, 7) is 18.2. The lowest BCUT2D eigenvalue weighted by Crippen LogP contribution is -2.43. The first-order chi connectivity index (χ1) is 34.5. The highest BCUT2D eigenvalue weighted by molar-refractivity contribution is 7.89. The Hall–Kier alpha value is -5.68. The Balaban J connectivity index is 0.000000390. The number of carbonyl (C=O) groups excluding carboxylic acids is 3. The van der Waals surface area contributed by atoms with E-state index in [0.29, 0.717) is 35.5 Å². The molecule has 4 atom stereocenters. The fourth-order valence-electron chi connectivity index (χ4n) is 7.80. The number of sulfonamides is 2. The molecular formula is C56H77N3O13S2. The molecule has 406 valence electrons. The first kappa shape index (κ1) is 62.6. The Morgan fingerprint density at radius 2 is 0.919 bits per heavy atom. The number of rotatable bonds is 25. The Bertz CT molecular complexity index is 2660. The van der Waals surface area contributed by atoms with E-state index in [4.69, 9.17) is 24.2 Å². The third-order valence-electron chi connectivity index (χ3n) is 11.3. The third kappa shape index (κ3) is 20.9. The maximum absolute atomic E-state index is 13.5. The molecule has 0 bridgehead atoms. The number of nitriles is 1. The predicted octanol–water partition coefficient (Wildman–Crippen LogP) is 8.27. The molecule has 0 unspecified atom stereocenters. The van der Waals surface area contributed by atoms with Crippen molar-refractivity contribution in [3.8, 4) is 17.6 Å². The quantitative estimate of drug-likeness (QED) is 0.0471. The maximum atomic E-state index is 13.5. The topological polar surface area (TPSA) is 227 Å². The molecule has 4 rings (SSSR count). The number of carbonyl (C=O) groups is 3. The lowest BCUT2D eigenvalue weighted by atomic mass is 9.90. The predicted molar refractivity (Wildman–Crippen MR) is 283 cm³/mol. The summed E-state index contributed by atoms with van der Waals surface area (Å²) in [4.78, 5) is 36.6. The van der Waals surface area contributed by atoms with Crippen molar-refractivity contribution in [1.82, 2.24) is 8.61 Å². The van der Waals surface area contributed by atoms with Gasteiger partial charge < -0.3 is 29.2 Å². The SMILES string of the molecule is COc1ccc(S(=O)(=O)N(CC(C)C)C[C@@H](O)[C@@H](CC(=O)OC(C)(C)C)Cc2ccc(C#N)cc2)cc1.COc1ccc(S(=O)(=O)N(CC(C)C)C[C@@H](O)[C@@H](CC(=O)OC(C)(C)C)Cc2ccc(C=O)cc2)cc1. The first-order valence-corrected chi connectivity index (χ1v) is 27.5. The molecule has 0 aliphatic carbocycles. The number of benzene rings is 4. The average molecular weight is 1060 g/mol. The smallest absolute Gasteiger partial charge is 0.306 e. The highest BCUT2D eigenvalue weighted by Crippen LogP contribution is 2.28. The zero-order valence-corrected chi connectivity index (χ0v) is 46.6. The van der Waals surface area contributed by atoms with Gasteiger partial charge in [0.1, 0.15) is 29.0 Å². The van der Waals surface area contributed by atoms with Gasteiger partial charge in [0.2, 0.25) is 20.0 Å². The molecule has 0 aromatic heterocycles. The average Bonchev–Trinajstić information content (AvgIpc) is 3.32. The van der Waals surface area contributed by atoms with Gasteiger partial charge in [-0.05, 0) is 138 Å². The van der Waals surface area contributed by atoms with Crippen molar-refractivity contribution in [2.75, 3.05) is 40.4 Å². The van der Waals surface area contributed by atoms with Crippen LogP contribution in [0.2, 0.25) is 0 Å². The van der Waals surface area contributed by atoms with E-state index >= 15 is 0 Å². The second-order valence-corrected chi connectivity index (χ2v) is 25.0. The monoisotopic (exact) mass is 1060 g/mol. The van der Waals surface area contributed by atoms with Gasteiger partial charge in [0.25, 0.3) is 0 Å². The molecule has 0 fully saturated rings. The van der Waals surface area contributed by atoms with Gasteiger partial charge in [0.15, 0.2) is 0 Å². The Kier molecular flexibility index (Phi) is 23.9. The highest BCUT2D eigenvalue weighted by Gasteiger charge is 2.34. The molecule has 4 aromatic carbocycles. The molecule has 0 aliphatic heterocycles. The molecule has 2 N–H and O–H groups in total. The van der Waals surface area contributed by atoms with E-state index in [9.17, 15) is 41.4 Å². The van der Waals surface area contributed by atoms with Crippen LogP contribution in [-0.2, 0) is 52.0 Å². The van der Waals surface area contributed by atoms with Crippen LogP contribution in [0.4, 0.5) is 0 Å². The molecule has 74 heavy (non-hydrogen) atoms. The normalized spacial score (nSPS) is 13.8. The fourth-order valence-corrected chi connectivity index (χ4v) is 11.0. The molecule has 0 spiro atoms. The van der Waals surface area contributed by atoms with Gasteiger partial charge in [-0.1, -0.05) is 64.1 Å². The number of aldehydes is 1. The molecule has 4 aromatic rings. The van der Waals surface area contributed by atoms with E-state index in [0.717, 1.165) is 17.4 Å². The summed E-state index contributed by atoms with van der Waals surface area (Å²) in [6.07, 6.45) is -1.12. The van der Waals surface area contributed by atoms with E-state index in [1.54, 1.807) is 114 Å². The van der Waals surface area contributed by atoms with Crippen molar-refractivity contribution < 1.29 is 60.4 Å². The minimum absolute atomic E-state index is 0.000384. The van der Waals surface area contributed by atoms with Crippen molar-refractivity contribution >= 4 is 38.3 Å². The van der Waals surface area contributed by atoms with E-state index in [1.165, 1.54) is 47.1 Å². The first-order valence-electron chi connectivity index (χ1n) is 24.6. The number of aliphatic hydroxyl groups is 2. The van der Waals surface area contributed by atoms with Crippen LogP contribution in [0, 0.1) is 35.0 Å². The van der Waals surface area contributed by atoms with Crippen LogP contribution >= 0.6 is 0 Å². The summed E-state index contributed by atoms with van der Waals surface area (Å²) < 4.78 is 77.8. The van der Waals surface area contributed by atoms with Crippen LogP contribution in [0.15, 0.2) is 107 Å². The van der Waals surface area contributed by atoms with Gasteiger partial charge in [0.05, 0.1) is 60.7 Å². The minimum atomic E-state index is -3.93. The number of hydrogen-bond acceptors (Lipinski definition) is 14. The second-order valence-electron chi connectivity index (χ2n) is 21.1. The van der Waals surface area contributed by atoms with Gasteiger partial charge in [-0.3, -0.25) is 14.4 Å². The summed E-state index contributed by atoms with van der Waals surface area (Å²) in [5.74, 6) is -1.10. The maximum Gasteiger partial charge on any atom is 0.306 e. The van der Waals surface area contributed by atoms with Gasteiger partial charge >= 0.3 is 11.9 Å². The molecular weight excluding hydrogens is 987 g/mol. The minimum Gasteiger partial charge on any atom is -0.497 e. The highest BCUT2D eigenvalue weighted by atomic mass is 32.2. The van der Waals surface area contributed by atoms with Crippen LogP contribution < -0.4 is 9.47 Å². The van der Waals surface area contributed by atoms with Crippen LogP contribution in [0.1, 0.15) is 109 Å². The summed E-state index contributed by atoms with van der Waals surface area (Å²) in [5.41, 5.74) is 1.26. The molecule has 0 aliphatic rings.